The minimum atomic E-state index is -0.984. The molecule has 0 aliphatic carbocycles. The van der Waals surface area contributed by atoms with Crippen LogP contribution in [-0.2, 0) is 16.0 Å². The van der Waals surface area contributed by atoms with Gasteiger partial charge in [0.2, 0.25) is 0 Å². The second-order valence-corrected chi connectivity index (χ2v) is 6.07. The van der Waals surface area contributed by atoms with Crippen molar-refractivity contribution in [2.75, 3.05) is 0 Å². The van der Waals surface area contributed by atoms with Gasteiger partial charge in [0.05, 0.1) is 0 Å². The lowest BCUT2D eigenvalue weighted by Gasteiger charge is -2.02. The normalized spacial score (nSPS) is 12.9. The van der Waals surface area contributed by atoms with E-state index in [2.05, 4.69) is 0 Å². The Hall–Kier alpha value is -1.74. The van der Waals surface area contributed by atoms with Gasteiger partial charge in [-0.05, 0) is 22.9 Å². The Kier molecular flexibility index (Phi) is 7.03. The maximum atomic E-state index is 10.3. The molecule has 2 unspecified atom stereocenters. The average Bonchev–Trinajstić information content (AvgIpc) is 3.11. The Labute approximate surface area is 129 Å². The van der Waals surface area contributed by atoms with E-state index in [-0.39, 0.29) is 0 Å². The van der Waals surface area contributed by atoms with Crippen molar-refractivity contribution in [1.82, 2.24) is 0 Å². The summed E-state index contributed by atoms with van der Waals surface area (Å²) in [5.74, 6) is -1.93. The second-order valence-electron chi connectivity index (χ2n) is 4.06. The molecule has 0 aliphatic rings. The van der Waals surface area contributed by atoms with Gasteiger partial charge in [-0.2, -0.15) is 0 Å². The Balaban J connectivity index is 0.000000211. The molecule has 0 radical (unpaired) electrons. The van der Waals surface area contributed by atoms with Crippen molar-refractivity contribution in [3.8, 4) is 0 Å². The van der Waals surface area contributed by atoms with Crippen LogP contribution in [0.3, 0.4) is 0 Å². The van der Waals surface area contributed by atoms with E-state index in [0.29, 0.717) is 11.3 Å². The van der Waals surface area contributed by atoms with Gasteiger partial charge in [-0.1, -0.05) is 12.1 Å². The Morgan fingerprint density at radius 2 is 1.67 bits per heavy atom. The first kappa shape index (κ1) is 17.3. The van der Waals surface area contributed by atoms with Crippen LogP contribution in [0.5, 0.6) is 0 Å². The van der Waals surface area contributed by atoms with E-state index in [4.69, 9.17) is 21.7 Å². The molecule has 0 spiro atoms. The van der Waals surface area contributed by atoms with E-state index in [0.717, 1.165) is 4.88 Å². The average molecular weight is 328 g/mol. The summed E-state index contributed by atoms with van der Waals surface area (Å²) in [6.07, 6.45) is 0.424. The molecule has 2 atom stereocenters. The van der Waals surface area contributed by atoms with Crippen LogP contribution >= 0.6 is 22.7 Å². The van der Waals surface area contributed by atoms with Crippen LogP contribution in [0.15, 0.2) is 35.0 Å². The van der Waals surface area contributed by atoms with Gasteiger partial charge in [0.15, 0.2) is 0 Å². The van der Waals surface area contributed by atoms with Crippen molar-refractivity contribution >= 4 is 34.6 Å². The molecule has 0 fully saturated rings. The first-order chi connectivity index (χ1) is 9.91. The largest absolute Gasteiger partial charge is 0.480 e. The summed E-state index contributed by atoms with van der Waals surface area (Å²) in [5, 5.41) is 20.6. The lowest BCUT2D eigenvalue weighted by Crippen LogP contribution is -2.31. The summed E-state index contributed by atoms with van der Waals surface area (Å²) in [5.41, 5.74) is 10.6. The zero-order valence-corrected chi connectivity index (χ0v) is 12.6. The van der Waals surface area contributed by atoms with Gasteiger partial charge in [-0.3, -0.25) is 9.59 Å². The number of nitrogens with two attached hydrogens (primary N) is 2. The molecule has 8 heteroatoms. The minimum Gasteiger partial charge on any atom is -0.480 e. The number of carboxylic acids is 2. The first-order valence-corrected chi connectivity index (χ1v) is 7.70. The topological polar surface area (TPSA) is 127 Å². The quantitative estimate of drug-likeness (QED) is 0.659. The summed E-state index contributed by atoms with van der Waals surface area (Å²) in [4.78, 5) is 22.3. The zero-order chi connectivity index (χ0) is 15.8. The highest BCUT2D eigenvalue weighted by molar-refractivity contribution is 7.10. The van der Waals surface area contributed by atoms with Crippen molar-refractivity contribution in [2.45, 2.75) is 18.5 Å². The number of carbonyl (C=O) groups is 2. The van der Waals surface area contributed by atoms with Crippen LogP contribution in [0, 0.1) is 0 Å². The molecule has 0 saturated carbocycles. The van der Waals surface area contributed by atoms with Crippen molar-refractivity contribution in [2.24, 2.45) is 11.5 Å². The van der Waals surface area contributed by atoms with Crippen LogP contribution in [0.1, 0.15) is 15.8 Å². The van der Waals surface area contributed by atoms with Gasteiger partial charge < -0.3 is 21.7 Å². The molecule has 2 rings (SSSR count). The second kappa shape index (κ2) is 8.53. The number of carboxylic acid groups (broad SMARTS) is 2. The van der Waals surface area contributed by atoms with Gasteiger partial charge in [-0.25, -0.2) is 0 Å². The predicted octanol–water partition coefficient (Wildman–Crippen LogP) is 1.53. The van der Waals surface area contributed by atoms with E-state index >= 15 is 0 Å². The fourth-order valence-electron chi connectivity index (χ4n) is 1.32. The van der Waals surface area contributed by atoms with Gasteiger partial charge in [0.25, 0.3) is 0 Å². The molecular formula is C13H16N2O4S2. The highest BCUT2D eigenvalue weighted by atomic mass is 32.1. The van der Waals surface area contributed by atoms with Crippen molar-refractivity contribution in [3.05, 3.63) is 44.8 Å². The van der Waals surface area contributed by atoms with Gasteiger partial charge in [-0.15, -0.1) is 22.7 Å². The maximum absolute atomic E-state index is 10.3. The van der Waals surface area contributed by atoms with Crippen LogP contribution < -0.4 is 11.5 Å². The number of hydrogen-bond donors (Lipinski definition) is 4. The smallest absolute Gasteiger partial charge is 0.325 e. The van der Waals surface area contributed by atoms with Crippen molar-refractivity contribution in [1.29, 1.82) is 0 Å². The van der Waals surface area contributed by atoms with Crippen LogP contribution in [0.2, 0.25) is 0 Å². The van der Waals surface area contributed by atoms with E-state index in [1.165, 1.54) is 22.7 Å². The highest BCUT2D eigenvalue weighted by Gasteiger charge is 2.14. The number of rotatable bonds is 5. The summed E-state index contributed by atoms with van der Waals surface area (Å²) in [7, 11) is 0. The number of aliphatic carboxylic acids is 2. The van der Waals surface area contributed by atoms with E-state index < -0.39 is 24.0 Å². The summed E-state index contributed by atoms with van der Waals surface area (Å²) in [6.45, 7) is 0. The molecule has 0 saturated heterocycles. The van der Waals surface area contributed by atoms with E-state index in [1.54, 1.807) is 17.5 Å². The van der Waals surface area contributed by atoms with Gasteiger partial charge in [0.1, 0.15) is 12.1 Å². The standard InChI is InChI=1S/C7H9NO2S.C6H7NO2S/c8-6(7(9)10)4-5-2-1-3-11-5;7-5(6(8)9)4-2-1-3-10-4/h1-3,6H,4,8H2,(H,9,10);1-3,5H,7H2,(H,8,9). The molecule has 0 aliphatic heterocycles. The minimum absolute atomic E-state index is 0.424. The molecule has 2 aromatic rings. The summed E-state index contributed by atoms with van der Waals surface area (Å²) >= 11 is 2.88. The lowest BCUT2D eigenvalue weighted by atomic mass is 10.2. The Morgan fingerprint density at radius 1 is 1.05 bits per heavy atom. The van der Waals surface area contributed by atoms with Crippen LogP contribution in [0.25, 0.3) is 0 Å². The molecule has 0 aromatic carbocycles. The molecule has 21 heavy (non-hydrogen) atoms. The Morgan fingerprint density at radius 3 is 2.10 bits per heavy atom. The van der Waals surface area contributed by atoms with Gasteiger partial charge in [0, 0.05) is 16.2 Å². The monoisotopic (exact) mass is 328 g/mol. The molecule has 2 aromatic heterocycles. The third kappa shape index (κ3) is 6.05. The Bertz CT molecular complexity index is 555. The SMILES string of the molecule is NC(C(=O)O)c1cccs1.NC(Cc1cccs1)C(=O)O. The third-order valence-corrected chi connectivity index (χ3v) is 4.29. The molecule has 114 valence electrons. The summed E-state index contributed by atoms with van der Waals surface area (Å²) in [6, 6.07) is 5.63. The van der Waals surface area contributed by atoms with E-state index in [1.807, 2.05) is 17.5 Å². The lowest BCUT2D eigenvalue weighted by molar-refractivity contribution is -0.139. The van der Waals surface area contributed by atoms with Crippen LogP contribution in [0.4, 0.5) is 0 Å². The fraction of sp³-hybridized carbons (Fsp3) is 0.231. The molecule has 0 amide bonds. The van der Waals surface area contributed by atoms with Crippen molar-refractivity contribution < 1.29 is 19.8 Å². The number of thiophene rings is 2. The maximum Gasteiger partial charge on any atom is 0.325 e. The van der Waals surface area contributed by atoms with Gasteiger partial charge >= 0.3 is 11.9 Å². The first-order valence-electron chi connectivity index (χ1n) is 5.94. The molecule has 6 N–H and O–H groups in total. The fourth-order valence-corrected chi connectivity index (χ4v) is 2.81. The molecule has 2 heterocycles. The zero-order valence-electron chi connectivity index (χ0n) is 11.0. The third-order valence-electron chi connectivity index (χ3n) is 2.43. The van der Waals surface area contributed by atoms with E-state index in [9.17, 15) is 9.59 Å². The van der Waals surface area contributed by atoms with Crippen molar-refractivity contribution in [3.63, 3.8) is 0 Å². The summed E-state index contributed by atoms with van der Waals surface area (Å²) < 4.78 is 0. The molecule has 0 bridgehead atoms. The number of hydrogen-bond acceptors (Lipinski definition) is 6. The molecule has 6 nitrogen and oxygen atoms in total. The molecular weight excluding hydrogens is 312 g/mol. The predicted molar refractivity (Wildman–Crippen MR) is 82.5 cm³/mol. The van der Waals surface area contributed by atoms with Crippen LogP contribution in [-0.4, -0.2) is 28.2 Å². The highest BCUT2D eigenvalue weighted by Crippen LogP contribution is 2.16.